The molecule has 0 spiro atoms. The average molecular weight is 331 g/mol. The van der Waals surface area contributed by atoms with Crippen molar-refractivity contribution >= 4 is 5.91 Å². The van der Waals surface area contributed by atoms with Gasteiger partial charge in [-0.3, -0.25) is 9.69 Å². The lowest BCUT2D eigenvalue weighted by Gasteiger charge is -2.37. The zero-order valence-corrected chi connectivity index (χ0v) is 13.6. The second-order valence-electron chi connectivity index (χ2n) is 6.25. The van der Waals surface area contributed by atoms with E-state index < -0.39 is 0 Å². The Morgan fingerprint density at radius 2 is 2.38 bits per heavy atom. The summed E-state index contributed by atoms with van der Waals surface area (Å²) in [7, 11) is 0. The van der Waals surface area contributed by atoms with Crippen molar-refractivity contribution in [2.45, 2.75) is 38.5 Å². The first-order valence-corrected chi connectivity index (χ1v) is 8.30. The first-order chi connectivity index (χ1) is 11.7. The zero-order valence-electron chi connectivity index (χ0n) is 13.6. The normalized spacial score (nSPS) is 24.0. The van der Waals surface area contributed by atoms with Crippen LogP contribution in [0.1, 0.15) is 41.5 Å². The maximum Gasteiger partial charge on any atom is 0.290 e. The summed E-state index contributed by atoms with van der Waals surface area (Å²) in [4.78, 5) is 19.0. The molecule has 0 aromatic carbocycles. The molecule has 1 saturated heterocycles. The average Bonchev–Trinajstić information content (AvgIpc) is 3.33. The Balaban J connectivity index is 1.44. The Morgan fingerprint density at radius 3 is 3.12 bits per heavy atom. The Hall–Kier alpha value is -2.19. The van der Waals surface area contributed by atoms with Gasteiger partial charge in [0.2, 0.25) is 5.76 Å². The van der Waals surface area contributed by atoms with E-state index in [1.54, 1.807) is 6.07 Å². The Labute approximate surface area is 139 Å². The molecule has 8 nitrogen and oxygen atoms in total. The van der Waals surface area contributed by atoms with Crippen LogP contribution in [0.4, 0.5) is 0 Å². The van der Waals surface area contributed by atoms with Crippen LogP contribution >= 0.6 is 0 Å². The smallest absolute Gasteiger partial charge is 0.290 e. The van der Waals surface area contributed by atoms with Crippen LogP contribution in [0.5, 0.6) is 0 Å². The number of nitrogens with one attached hydrogen (secondary N) is 1. The molecule has 2 aliphatic heterocycles. The maximum atomic E-state index is 12.0. The quantitative estimate of drug-likeness (QED) is 0.898. The third-order valence-corrected chi connectivity index (χ3v) is 4.89. The largest absolute Gasteiger partial charge is 0.380 e. The summed E-state index contributed by atoms with van der Waals surface area (Å²) in [6.45, 7) is 6.12. The van der Waals surface area contributed by atoms with Crippen molar-refractivity contribution in [3.63, 3.8) is 0 Å². The Bertz CT molecular complexity index is 705. The van der Waals surface area contributed by atoms with Crippen LogP contribution in [0, 0.1) is 0 Å². The Kier molecular flexibility index (Phi) is 4.07. The van der Waals surface area contributed by atoms with Gasteiger partial charge in [-0.15, -0.1) is 0 Å². The lowest BCUT2D eigenvalue weighted by molar-refractivity contribution is 0.0884. The van der Waals surface area contributed by atoms with Gasteiger partial charge in [0, 0.05) is 31.8 Å². The molecule has 4 rings (SSSR count). The molecule has 0 saturated carbocycles. The highest BCUT2D eigenvalue weighted by atomic mass is 16.5. The van der Waals surface area contributed by atoms with Crippen LogP contribution in [0.25, 0.3) is 0 Å². The van der Waals surface area contributed by atoms with Crippen molar-refractivity contribution in [3.8, 4) is 0 Å². The molecule has 1 N–H and O–H groups in total. The van der Waals surface area contributed by atoms with Gasteiger partial charge >= 0.3 is 0 Å². The molecule has 128 valence electrons. The second kappa shape index (κ2) is 6.37. The number of hydrogen-bond donors (Lipinski definition) is 1. The fourth-order valence-corrected chi connectivity index (χ4v) is 3.59. The van der Waals surface area contributed by atoms with Gasteiger partial charge in [0.25, 0.3) is 5.91 Å². The SMILES string of the molecule is CC1c2ncc(CNC(=O)c3ccno3)n2CCN1C1CCOC1. The highest BCUT2D eigenvalue weighted by Crippen LogP contribution is 2.29. The van der Waals surface area contributed by atoms with Crippen molar-refractivity contribution in [2.75, 3.05) is 19.8 Å². The van der Waals surface area contributed by atoms with Gasteiger partial charge in [-0.2, -0.15) is 0 Å². The van der Waals surface area contributed by atoms with Crippen molar-refractivity contribution in [3.05, 3.63) is 35.7 Å². The lowest BCUT2D eigenvalue weighted by Crippen LogP contribution is -2.44. The van der Waals surface area contributed by atoms with Gasteiger partial charge in [0.05, 0.1) is 37.3 Å². The van der Waals surface area contributed by atoms with E-state index in [0.29, 0.717) is 12.6 Å². The minimum atomic E-state index is -0.267. The molecule has 8 heteroatoms. The van der Waals surface area contributed by atoms with Gasteiger partial charge in [0.1, 0.15) is 5.82 Å². The predicted octanol–water partition coefficient (Wildman–Crippen LogP) is 0.967. The number of hydrogen-bond acceptors (Lipinski definition) is 6. The van der Waals surface area contributed by atoms with Crippen LogP contribution < -0.4 is 5.32 Å². The third-order valence-electron chi connectivity index (χ3n) is 4.89. The molecular weight excluding hydrogens is 310 g/mol. The summed E-state index contributed by atoms with van der Waals surface area (Å²) in [5.74, 6) is 1.00. The van der Waals surface area contributed by atoms with Crippen molar-refractivity contribution in [1.82, 2.24) is 24.9 Å². The predicted molar refractivity (Wildman–Crippen MR) is 84.2 cm³/mol. The standard InChI is InChI=1S/C16H21N5O3/c1-11-15-17-8-13(9-18-16(22)14-2-4-19-24-14)21(15)6-5-20(11)12-3-7-23-10-12/h2,4,8,11-12H,3,5-7,9-10H2,1H3,(H,18,22). The van der Waals surface area contributed by atoms with Crippen LogP contribution in [0.2, 0.25) is 0 Å². The molecule has 0 bridgehead atoms. The fraction of sp³-hybridized carbons (Fsp3) is 0.562. The highest BCUT2D eigenvalue weighted by molar-refractivity contribution is 5.91. The summed E-state index contributed by atoms with van der Waals surface area (Å²) < 4.78 is 12.6. The van der Waals surface area contributed by atoms with E-state index in [0.717, 1.165) is 44.2 Å². The summed E-state index contributed by atoms with van der Waals surface area (Å²) in [6, 6.07) is 2.29. The first kappa shape index (κ1) is 15.3. The summed E-state index contributed by atoms with van der Waals surface area (Å²) in [5.41, 5.74) is 1.01. The number of carbonyl (C=O) groups excluding carboxylic acids is 1. The molecule has 0 aliphatic carbocycles. The van der Waals surface area contributed by atoms with E-state index in [4.69, 9.17) is 9.26 Å². The molecule has 24 heavy (non-hydrogen) atoms. The molecule has 4 heterocycles. The molecule has 2 unspecified atom stereocenters. The number of fused-ring (bicyclic) bond motifs is 1. The van der Waals surface area contributed by atoms with E-state index >= 15 is 0 Å². The maximum absolute atomic E-state index is 12.0. The van der Waals surface area contributed by atoms with Crippen molar-refractivity contribution < 1.29 is 14.1 Å². The molecular formula is C16H21N5O3. The minimum Gasteiger partial charge on any atom is -0.380 e. The van der Waals surface area contributed by atoms with Crippen molar-refractivity contribution in [2.24, 2.45) is 0 Å². The number of rotatable bonds is 4. The number of amides is 1. The number of aromatic nitrogens is 3. The van der Waals surface area contributed by atoms with Gasteiger partial charge in [0.15, 0.2) is 0 Å². The van der Waals surface area contributed by atoms with Crippen LogP contribution in [-0.2, 0) is 17.8 Å². The molecule has 2 aromatic rings. The van der Waals surface area contributed by atoms with Crippen LogP contribution in [0.15, 0.2) is 23.0 Å². The lowest BCUT2D eigenvalue weighted by atomic mass is 10.1. The molecule has 1 amide bonds. The van der Waals surface area contributed by atoms with E-state index in [1.165, 1.54) is 6.20 Å². The Morgan fingerprint density at radius 1 is 1.46 bits per heavy atom. The van der Waals surface area contributed by atoms with Crippen molar-refractivity contribution in [1.29, 1.82) is 0 Å². The first-order valence-electron chi connectivity index (χ1n) is 8.30. The monoisotopic (exact) mass is 331 g/mol. The highest BCUT2D eigenvalue weighted by Gasteiger charge is 2.33. The van der Waals surface area contributed by atoms with Crippen LogP contribution in [0.3, 0.4) is 0 Å². The number of carbonyl (C=O) groups is 1. The minimum absolute atomic E-state index is 0.217. The zero-order chi connectivity index (χ0) is 16.5. The third kappa shape index (κ3) is 2.71. The topological polar surface area (TPSA) is 85.4 Å². The van der Waals surface area contributed by atoms with E-state index in [2.05, 4.69) is 31.8 Å². The summed E-state index contributed by atoms with van der Waals surface area (Å²) >= 11 is 0. The van der Waals surface area contributed by atoms with Gasteiger partial charge in [-0.25, -0.2) is 4.98 Å². The van der Waals surface area contributed by atoms with E-state index in [1.807, 2.05) is 6.20 Å². The molecule has 0 radical (unpaired) electrons. The number of imidazole rings is 1. The van der Waals surface area contributed by atoms with Crippen LogP contribution in [-0.4, -0.2) is 51.3 Å². The van der Waals surface area contributed by atoms with E-state index in [-0.39, 0.29) is 17.7 Å². The van der Waals surface area contributed by atoms with Gasteiger partial charge < -0.3 is 19.1 Å². The van der Waals surface area contributed by atoms with Gasteiger partial charge in [-0.1, -0.05) is 5.16 Å². The van der Waals surface area contributed by atoms with E-state index in [9.17, 15) is 4.79 Å². The van der Waals surface area contributed by atoms with Gasteiger partial charge in [-0.05, 0) is 13.3 Å². The molecule has 2 aliphatic rings. The number of nitrogens with zero attached hydrogens (tertiary/aromatic N) is 4. The number of ether oxygens (including phenoxy) is 1. The summed E-state index contributed by atoms with van der Waals surface area (Å²) in [6.07, 6.45) is 4.39. The molecule has 1 fully saturated rings. The summed E-state index contributed by atoms with van der Waals surface area (Å²) in [5, 5.41) is 6.40. The molecule has 2 atom stereocenters. The second-order valence-corrected chi connectivity index (χ2v) is 6.25. The molecule has 2 aromatic heterocycles. The fourth-order valence-electron chi connectivity index (χ4n) is 3.59.